The zero-order valence-corrected chi connectivity index (χ0v) is 11.6. The van der Waals surface area contributed by atoms with E-state index in [2.05, 4.69) is 9.88 Å². The van der Waals surface area contributed by atoms with Crippen LogP contribution in [0.1, 0.15) is 18.5 Å². The van der Waals surface area contributed by atoms with Crippen molar-refractivity contribution in [1.82, 2.24) is 14.3 Å². The molecule has 1 saturated heterocycles. The van der Waals surface area contributed by atoms with Crippen molar-refractivity contribution >= 4 is 17.2 Å². The highest BCUT2D eigenvalue weighted by molar-refractivity contribution is 6.30. The van der Waals surface area contributed by atoms with Gasteiger partial charge in [0.2, 0.25) is 0 Å². The highest BCUT2D eigenvalue weighted by atomic mass is 35.5. The van der Waals surface area contributed by atoms with Crippen molar-refractivity contribution in [2.75, 3.05) is 19.7 Å². The number of hydrogen-bond acceptors (Lipinski definition) is 3. The third-order valence-corrected chi connectivity index (χ3v) is 4.04. The van der Waals surface area contributed by atoms with Gasteiger partial charge < -0.3 is 9.51 Å². The second-order valence-electron chi connectivity index (χ2n) is 5.25. The Morgan fingerprint density at radius 2 is 2.05 bits per heavy atom. The lowest BCUT2D eigenvalue weighted by molar-refractivity contribution is 0.126. The first kappa shape index (κ1) is 12.9. The Balaban J connectivity index is 1.68. The van der Waals surface area contributed by atoms with Crippen molar-refractivity contribution in [3.05, 3.63) is 35.2 Å². The van der Waals surface area contributed by atoms with E-state index in [0.29, 0.717) is 12.5 Å². The van der Waals surface area contributed by atoms with Gasteiger partial charge in [-0.25, -0.2) is 4.98 Å². The van der Waals surface area contributed by atoms with Crippen LogP contribution in [0.4, 0.5) is 0 Å². The number of nitrogens with zero attached hydrogens (tertiary/aromatic N) is 3. The van der Waals surface area contributed by atoms with E-state index in [1.807, 2.05) is 28.9 Å². The maximum Gasteiger partial charge on any atom is 0.137 e. The maximum atomic E-state index is 9.14. The number of halogens is 1. The molecule has 0 unspecified atom stereocenters. The summed E-state index contributed by atoms with van der Waals surface area (Å²) < 4.78 is 1.97. The van der Waals surface area contributed by atoms with Gasteiger partial charge in [0.05, 0.1) is 10.7 Å². The maximum absolute atomic E-state index is 9.14. The summed E-state index contributed by atoms with van der Waals surface area (Å²) >= 11 is 5.97. The molecule has 0 saturated carbocycles. The SMILES string of the molecule is OCC1CCN(Cc2cn3cc(Cl)ccc3n2)CC1. The van der Waals surface area contributed by atoms with Crippen LogP contribution in [0.5, 0.6) is 0 Å². The van der Waals surface area contributed by atoms with Crippen molar-refractivity contribution in [3.8, 4) is 0 Å². The van der Waals surface area contributed by atoms with Crippen LogP contribution in [-0.4, -0.2) is 39.1 Å². The van der Waals surface area contributed by atoms with Crippen LogP contribution in [0.25, 0.3) is 5.65 Å². The lowest BCUT2D eigenvalue weighted by Gasteiger charge is -2.30. The first-order chi connectivity index (χ1) is 9.24. The van der Waals surface area contributed by atoms with E-state index in [4.69, 9.17) is 16.7 Å². The zero-order valence-electron chi connectivity index (χ0n) is 10.8. The van der Waals surface area contributed by atoms with Crippen LogP contribution < -0.4 is 0 Å². The number of imidazole rings is 1. The van der Waals surface area contributed by atoms with Crippen molar-refractivity contribution in [2.45, 2.75) is 19.4 Å². The minimum atomic E-state index is 0.320. The molecule has 0 radical (unpaired) electrons. The summed E-state index contributed by atoms with van der Waals surface area (Å²) in [5.41, 5.74) is 2.01. The number of aliphatic hydroxyl groups excluding tert-OH is 1. The van der Waals surface area contributed by atoms with Gasteiger partial charge in [0.1, 0.15) is 5.65 Å². The normalized spacial score (nSPS) is 18.2. The van der Waals surface area contributed by atoms with E-state index in [9.17, 15) is 0 Å². The van der Waals surface area contributed by atoms with Gasteiger partial charge in [-0.1, -0.05) is 11.6 Å². The lowest BCUT2D eigenvalue weighted by Crippen LogP contribution is -2.34. The van der Waals surface area contributed by atoms with E-state index in [1.165, 1.54) is 0 Å². The van der Waals surface area contributed by atoms with Crippen LogP contribution in [0.3, 0.4) is 0 Å². The first-order valence-electron chi connectivity index (χ1n) is 6.71. The zero-order chi connectivity index (χ0) is 13.2. The molecule has 0 spiro atoms. The highest BCUT2D eigenvalue weighted by Gasteiger charge is 2.19. The molecule has 5 heteroatoms. The fraction of sp³-hybridized carbons (Fsp3) is 0.500. The van der Waals surface area contributed by atoms with Gasteiger partial charge in [0.15, 0.2) is 0 Å². The molecule has 3 heterocycles. The van der Waals surface area contributed by atoms with E-state index in [-0.39, 0.29) is 0 Å². The van der Waals surface area contributed by atoms with Gasteiger partial charge in [-0.15, -0.1) is 0 Å². The third kappa shape index (κ3) is 2.91. The Hall–Kier alpha value is -1.10. The minimum absolute atomic E-state index is 0.320. The second-order valence-corrected chi connectivity index (χ2v) is 5.68. The molecule has 0 bridgehead atoms. The number of pyridine rings is 1. The summed E-state index contributed by atoms with van der Waals surface area (Å²) in [5.74, 6) is 0.483. The Morgan fingerprint density at radius 1 is 1.26 bits per heavy atom. The summed E-state index contributed by atoms with van der Waals surface area (Å²) in [6.45, 7) is 3.28. The van der Waals surface area contributed by atoms with Crippen molar-refractivity contribution in [3.63, 3.8) is 0 Å². The van der Waals surface area contributed by atoms with Gasteiger partial charge in [-0.2, -0.15) is 0 Å². The fourth-order valence-electron chi connectivity index (χ4n) is 2.65. The summed E-state index contributed by atoms with van der Waals surface area (Å²) in [6, 6.07) is 3.80. The van der Waals surface area contributed by atoms with Crippen molar-refractivity contribution in [1.29, 1.82) is 0 Å². The summed E-state index contributed by atoms with van der Waals surface area (Å²) in [6.07, 6.45) is 6.08. The van der Waals surface area contributed by atoms with Gasteiger partial charge in [0, 0.05) is 25.5 Å². The van der Waals surface area contributed by atoms with Crippen LogP contribution >= 0.6 is 11.6 Å². The molecule has 2 aromatic heterocycles. The largest absolute Gasteiger partial charge is 0.396 e. The van der Waals surface area contributed by atoms with Gasteiger partial charge >= 0.3 is 0 Å². The Labute approximate surface area is 117 Å². The van der Waals surface area contributed by atoms with Crippen molar-refractivity contribution < 1.29 is 5.11 Å². The molecule has 0 aliphatic carbocycles. The fourth-order valence-corrected chi connectivity index (χ4v) is 2.82. The van der Waals surface area contributed by atoms with Crippen LogP contribution in [0.2, 0.25) is 5.02 Å². The number of rotatable bonds is 3. The topological polar surface area (TPSA) is 40.8 Å². The number of aromatic nitrogens is 2. The molecule has 2 aromatic rings. The lowest BCUT2D eigenvalue weighted by atomic mass is 9.98. The monoisotopic (exact) mass is 279 g/mol. The predicted octanol–water partition coefficient (Wildman–Crippen LogP) is 2.19. The number of piperidine rings is 1. The summed E-state index contributed by atoms with van der Waals surface area (Å²) in [7, 11) is 0. The Kier molecular flexibility index (Phi) is 3.73. The molecule has 3 rings (SSSR count). The molecule has 1 aliphatic rings. The van der Waals surface area contributed by atoms with Crippen LogP contribution in [0, 0.1) is 5.92 Å². The molecule has 19 heavy (non-hydrogen) atoms. The molecule has 4 nitrogen and oxygen atoms in total. The average molecular weight is 280 g/mol. The first-order valence-corrected chi connectivity index (χ1v) is 7.09. The molecule has 1 N–H and O–H groups in total. The molecule has 1 aliphatic heterocycles. The van der Waals surface area contributed by atoms with E-state index in [1.54, 1.807) is 0 Å². The number of fused-ring (bicyclic) bond motifs is 1. The minimum Gasteiger partial charge on any atom is -0.396 e. The number of likely N-dealkylation sites (tertiary alicyclic amines) is 1. The summed E-state index contributed by atoms with van der Waals surface area (Å²) in [5, 5.41) is 9.86. The Morgan fingerprint density at radius 3 is 2.79 bits per heavy atom. The standard InChI is InChI=1S/C14H18ClN3O/c15-12-1-2-14-16-13(9-18(14)7-12)8-17-5-3-11(10-19)4-6-17/h1-2,7,9,11,19H,3-6,8,10H2. The average Bonchev–Trinajstić information content (AvgIpc) is 2.81. The van der Waals surface area contributed by atoms with E-state index in [0.717, 1.165) is 48.8 Å². The van der Waals surface area contributed by atoms with Crippen LogP contribution in [-0.2, 0) is 6.54 Å². The summed E-state index contributed by atoms with van der Waals surface area (Å²) in [4.78, 5) is 7.00. The second kappa shape index (κ2) is 5.49. The molecule has 1 fully saturated rings. The molecular weight excluding hydrogens is 262 g/mol. The van der Waals surface area contributed by atoms with Gasteiger partial charge in [-0.3, -0.25) is 4.90 Å². The van der Waals surface area contributed by atoms with E-state index >= 15 is 0 Å². The Bertz CT molecular complexity index is 561. The third-order valence-electron chi connectivity index (χ3n) is 3.82. The predicted molar refractivity (Wildman–Crippen MR) is 75.3 cm³/mol. The number of aliphatic hydroxyl groups is 1. The molecule has 0 amide bonds. The molecule has 0 atom stereocenters. The molecule has 0 aromatic carbocycles. The number of hydrogen-bond donors (Lipinski definition) is 1. The molecule has 102 valence electrons. The smallest absolute Gasteiger partial charge is 0.137 e. The quantitative estimate of drug-likeness (QED) is 0.936. The molecular formula is C14H18ClN3O. The van der Waals surface area contributed by atoms with Gasteiger partial charge in [-0.05, 0) is 44.0 Å². The van der Waals surface area contributed by atoms with Crippen molar-refractivity contribution in [2.24, 2.45) is 5.92 Å². The highest BCUT2D eigenvalue weighted by Crippen LogP contribution is 2.19. The van der Waals surface area contributed by atoms with Crippen LogP contribution in [0.15, 0.2) is 24.5 Å². The van der Waals surface area contributed by atoms with E-state index < -0.39 is 0 Å². The van der Waals surface area contributed by atoms with Gasteiger partial charge in [0.25, 0.3) is 0 Å².